The summed E-state index contributed by atoms with van der Waals surface area (Å²) in [4.78, 5) is 0.889. The van der Waals surface area contributed by atoms with Crippen LogP contribution in [0.5, 0.6) is 0 Å². The number of rotatable bonds is 4. The van der Waals surface area contributed by atoms with Gasteiger partial charge >= 0.3 is 0 Å². The molecule has 1 aromatic heterocycles. The van der Waals surface area contributed by atoms with Crippen LogP contribution in [0.1, 0.15) is 23.6 Å². The Labute approximate surface area is 121 Å². The zero-order valence-corrected chi connectivity index (χ0v) is 12.4. The van der Waals surface area contributed by atoms with Crippen molar-refractivity contribution >= 4 is 22.9 Å². The van der Waals surface area contributed by atoms with Crippen LogP contribution in [0.15, 0.2) is 36.4 Å². The molecule has 0 fully saturated rings. The lowest BCUT2D eigenvalue weighted by Gasteiger charge is -2.20. The van der Waals surface area contributed by atoms with Gasteiger partial charge in [-0.15, -0.1) is 22.9 Å². The lowest BCUT2D eigenvalue weighted by Crippen LogP contribution is -2.20. The molecular weight excluding hydrogens is 286 g/mol. The van der Waals surface area contributed by atoms with Crippen LogP contribution in [-0.2, 0) is 11.8 Å². The van der Waals surface area contributed by atoms with Crippen molar-refractivity contribution in [3.8, 4) is 11.1 Å². The highest BCUT2D eigenvalue weighted by Gasteiger charge is 2.39. The SMILES string of the molecule is CC(C)C(F)(F)c1sc(CCl)cc1-c1ccccc1. The van der Waals surface area contributed by atoms with Gasteiger partial charge < -0.3 is 0 Å². The van der Waals surface area contributed by atoms with Gasteiger partial charge in [0.25, 0.3) is 5.92 Å². The number of thiophene rings is 1. The third-order valence-corrected chi connectivity index (χ3v) is 4.69. The van der Waals surface area contributed by atoms with Gasteiger partial charge in [0.2, 0.25) is 0 Å². The third-order valence-electron chi connectivity index (χ3n) is 3.03. The smallest absolute Gasteiger partial charge is 0.200 e. The maximum absolute atomic E-state index is 14.3. The summed E-state index contributed by atoms with van der Waals surface area (Å²) < 4.78 is 28.7. The monoisotopic (exact) mass is 300 g/mol. The highest BCUT2D eigenvalue weighted by atomic mass is 35.5. The molecule has 19 heavy (non-hydrogen) atoms. The van der Waals surface area contributed by atoms with Crippen LogP contribution in [0.4, 0.5) is 8.78 Å². The van der Waals surface area contributed by atoms with E-state index in [2.05, 4.69) is 0 Å². The number of hydrogen-bond donors (Lipinski definition) is 0. The van der Waals surface area contributed by atoms with E-state index < -0.39 is 11.8 Å². The van der Waals surface area contributed by atoms with Crippen molar-refractivity contribution in [2.24, 2.45) is 5.92 Å². The zero-order valence-electron chi connectivity index (χ0n) is 10.8. The van der Waals surface area contributed by atoms with Crippen molar-refractivity contribution < 1.29 is 8.78 Å². The van der Waals surface area contributed by atoms with Gasteiger partial charge in [-0.25, -0.2) is 8.78 Å². The molecule has 1 heterocycles. The molecule has 2 aromatic rings. The Morgan fingerprint density at radius 3 is 2.37 bits per heavy atom. The predicted octanol–water partition coefficient (Wildman–Crippen LogP) is 5.90. The summed E-state index contributed by atoms with van der Waals surface area (Å²) in [5.74, 6) is -3.31. The average Bonchev–Trinajstić information content (AvgIpc) is 2.84. The first kappa shape index (κ1) is 14.5. The Bertz CT molecular complexity index is 547. The topological polar surface area (TPSA) is 0 Å². The summed E-state index contributed by atoms with van der Waals surface area (Å²) in [6.07, 6.45) is 0. The highest BCUT2D eigenvalue weighted by molar-refractivity contribution is 7.12. The molecule has 102 valence electrons. The van der Waals surface area contributed by atoms with E-state index in [1.54, 1.807) is 6.07 Å². The second-order valence-corrected chi connectivity index (χ2v) is 6.14. The molecule has 0 radical (unpaired) electrons. The molecule has 0 N–H and O–H groups in total. The molecule has 0 nitrogen and oxygen atoms in total. The van der Waals surface area contributed by atoms with E-state index in [-0.39, 0.29) is 10.8 Å². The second-order valence-electron chi connectivity index (χ2n) is 4.73. The molecule has 0 atom stereocenters. The minimum absolute atomic E-state index is 0.115. The minimum atomic E-state index is -2.83. The summed E-state index contributed by atoms with van der Waals surface area (Å²) in [7, 11) is 0. The Hall–Kier alpha value is -0.930. The summed E-state index contributed by atoms with van der Waals surface area (Å²) in [6.45, 7) is 3.07. The second kappa shape index (κ2) is 5.59. The van der Waals surface area contributed by atoms with Crippen molar-refractivity contribution in [1.82, 2.24) is 0 Å². The van der Waals surface area contributed by atoms with Gasteiger partial charge in [0.05, 0.1) is 10.8 Å². The average molecular weight is 301 g/mol. The van der Waals surface area contributed by atoms with E-state index in [4.69, 9.17) is 11.6 Å². The van der Waals surface area contributed by atoms with Crippen molar-refractivity contribution in [1.29, 1.82) is 0 Å². The Morgan fingerprint density at radius 1 is 1.21 bits per heavy atom. The summed E-state index contributed by atoms with van der Waals surface area (Å²) in [5.41, 5.74) is 1.41. The first-order valence-electron chi connectivity index (χ1n) is 6.09. The number of halogens is 3. The van der Waals surface area contributed by atoms with Crippen molar-refractivity contribution in [3.05, 3.63) is 46.2 Å². The lowest BCUT2D eigenvalue weighted by molar-refractivity contribution is -0.0472. The molecule has 2 rings (SSSR count). The summed E-state index contributed by atoms with van der Waals surface area (Å²) >= 11 is 6.90. The molecule has 0 amide bonds. The molecule has 0 aliphatic heterocycles. The molecule has 4 heteroatoms. The van der Waals surface area contributed by atoms with Crippen molar-refractivity contribution in [3.63, 3.8) is 0 Å². The van der Waals surface area contributed by atoms with Crippen LogP contribution in [-0.4, -0.2) is 0 Å². The summed E-state index contributed by atoms with van der Waals surface area (Å²) in [5, 5.41) is 0. The van der Waals surface area contributed by atoms with E-state index in [1.807, 2.05) is 30.3 Å². The van der Waals surface area contributed by atoms with Gasteiger partial charge in [0.15, 0.2) is 0 Å². The minimum Gasteiger partial charge on any atom is -0.200 e. The van der Waals surface area contributed by atoms with Gasteiger partial charge in [-0.3, -0.25) is 0 Å². The fraction of sp³-hybridized carbons (Fsp3) is 0.333. The van der Waals surface area contributed by atoms with Crippen LogP contribution >= 0.6 is 22.9 Å². The quantitative estimate of drug-likeness (QED) is 0.616. The van der Waals surface area contributed by atoms with Crippen molar-refractivity contribution in [2.45, 2.75) is 25.7 Å². The van der Waals surface area contributed by atoms with E-state index in [0.29, 0.717) is 5.56 Å². The standard InChI is InChI=1S/C15H15ClF2S/c1-10(2)15(17,18)14-13(8-12(9-16)19-14)11-6-4-3-5-7-11/h3-8,10H,9H2,1-2H3. The highest BCUT2D eigenvalue weighted by Crippen LogP contribution is 2.46. The van der Waals surface area contributed by atoms with Gasteiger partial charge in [0, 0.05) is 16.4 Å². The first-order chi connectivity index (χ1) is 8.96. The van der Waals surface area contributed by atoms with Crippen LogP contribution in [0.2, 0.25) is 0 Å². The molecular formula is C15H15ClF2S. The Balaban J connectivity index is 2.58. The van der Waals surface area contributed by atoms with Crippen LogP contribution in [0, 0.1) is 5.92 Å². The normalized spacial score (nSPS) is 12.1. The van der Waals surface area contributed by atoms with E-state index in [9.17, 15) is 8.78 Å². The molecule has 0 spiro atoms. The van der Waals surface area contributed by atoms with Gasteiger partial charge in [-0.1, -0.05) is 44.2 Å². The molecule has 0 bridgehead atoms. The van der Waals surface area contributed by atoms with E-state index in [0.717, 1.165) is 21.8 Å². The maximum Gasteiger partial charge on any atom is 0.285 e. The largest absolute Gasteiger partial charge is 0.285 e. The van der Waals surface area contributed by atoms with Crippen LogP contribution < -0.4 is 0 Å². The number of alkyl halides is 3. The Morgan fingerprint density at radius 2 is 1.84 bits per heavy atom. The number of benzene rings is 1. The molecule has 0 saturated heterocycles. The van der Waals surface area contributed by atoms with Crippen LogP contribution in [0.25, 0.3) is 11.1 Å². The molecule has 0 aliphatic carbocycles. The van der Waals surface area contributed by atoms with Crippen LogP contribution in [0.3, 0.4) is 0 Å². The lowest BCUT2D eigenvalue weighted by atomic mass is 9.98. The maximum atomic E-state index is 14.3. The first-order valence-corrected chi connectivity index (χ1v) is 7.44. The molecule has 0 aliphatic rings. The van der Waals surface area contributed by atoms with E-state index in [1.165, 1.54) is 13.8 Å². The zero-order chi connectivity index (χ0) is 14.0. The van der Waals surface area contributed by atoms with Gasteiger partial charge in [-0.2, -0.15) is 0 Å². The van der Waals surface area contributed by atoms with Gasteiger partial charge in [0.1, 0.15) is 0 Å². The summed E-state index contributed by atoms with van der Waals surface area (Å²) in [6, 6.07) is 11.0. The Kier molecular flexibility index (Phi) is 4.26. The fourth-order valence-electron chi connectivity index (χ4n) is 1.85. The number of hydrogen-bond acceptors (Lipinski definition) is 1. The van der Waals surface area contributed by atoms with E-state index >= 15 is 0 Å². The predicted molar refractivity (Wildman–Crippen MR) is 78.0 cm³/mol. The molecule has 0 unspecified atom stereocenters. The fourth-order valence-corrected chi connectivity index (χ4v) is 3.24. The third kappa shape index (κ3) is 2.82. The van der Waals surface area contributed by atoms with Gasteiger partial charge in [-0.05, 0) is 11.6 Å². The molecule has 1 aromatic carbocycles. The van der Waals surface area contributed by atoms with Crippen molar-refractivity contribution in [2.75, 3.05) is 0 Å². The molecule has 0 saturated carbocycles.